The van der Waals surface area contributed by atoms with Crippen molar-refractivity contribution in [1.29, 1.82) is 0 Å². The highest BCUT2D eigenvalue weighted by atomic mass is 32.1. The van der Waals surface area contributed by atoms with Crippen molar-refractivity contribution in [2.24, 2.45) is 4.99 Å². The molecule has 0 radical (unpaired) electrons. The lowest BCUT2D eigenvalue weighted by Crippen LogP contribution is -2.39. The maximum absolute atomic E-state index is 13.7. The van der Waals surface area contributed by atoms with Crippen molar-refractivity contribution in [3.05, 3.63) is 103 Å². The Morgan fingerprint density at radius 2 is 1.82 bits per heavy atom. The van der Waals surface area contributed by atoms with Crippen LogP contribution in [0.3, 0.4) is 0 Å². The summed E-state index contributed by atoms with van der Waals surface area (Å²) in [6, 6.07) is 14.3. The molecule has 198 valence electrons. The zero-order valence-corrected chi connectivity index (χ0v) is 22.8. The molecule has 0 amide bonds. The number of hydrogen-bond donors (Lipinski definition) is 0. The molecule has 1 atom stereocenters. The number of thiazole rings is 1. The molecule has 0 bridgehead atoms. The first-order valence-corrected chi connectivity index (χ1v) is 13.5. The molecule has 1 aliphatic heterocycles. The monoisotopic (exact) mass is 532 g/mol. The molecule has 1 aliphatic rings. The Morgan fingerprint density at radius 1 is 1.11 bits per heavy atom. The van der Waals surface area contributed by atoms with Crippen molar-refractivity contribution >= 4 is 23.4 Å². The number of allylic oxidation sites excluding steroid dienone is 1. The lowest BCUT2D eigenvalue weighted by molar-refractivity contribution is -0.138. The summed E-state index contributed by atoms with van der Waals surface area (Å²) in [5, 5.41) is 0. The Hall–Kier alpha value is -3.91. The number of esters is 1. The summed E-state index contributed by atoms with van der Waals surface area (Å²) < 4.78 is 18.6. The predicted molar refractivity (Wildman–Crippen MR) is 149 cm³/mol. The number of fused-ring (bicyclic) bond motifs is 1. The lowest BCUT2D eigenvalue weighted by Gasteiger charge is -2.24. The second-order valence-corrected chi connectivity index (χ2v) is 9.88. The van der Waals surface area contributed by atoms with Gasteiger partial charge in [0, 0.05) is 0 Å². The summed E-state index contributed by atoms with van der Waals surface area (Å²) in [6.07, 6.45) is 6.66. The van der Waals surface area contributed by atoms with Crippen molar-refractivity contribution in [3.63, 3.8) is 0 Å². The zero-order valence-electron chi connectivity index (χ0n) is 21.9. The number of rotatable bonds is 11. The van der Waals surface area contributed by atoms with Gasteiger partial charge in [0.1, 0.15) is 18.1 Å². The average molecular weight is 533 g/mol. The first kappa shape index (κ1) is 27.1. The van der Waals surface area contributed by atoms with Gasteiger partial charge < -0.3 is 14.2 Å². The molecule has 38 heavy (non-hydrogen) atoms. The summed E-state index contributed by atoms with van der Waals surface area (Å²) in [7, 11) is 1.59. The zero-order chi connectivity index (χ0) is 27.1. The first-order valence-electron chi connectivity index (χ1n) is 12.6. The number of methoxy groups -OCH3 is 1. The second-order valence-electron chi connectivity index (χ2n) is 8.87. The van der Waals surface area contributed by atoms with Crippen LogP contribution in [0, 0.1) is 0 Å². The molecule has 0 N–H and O–H groups in total. The molecule has 2 aromatic carbocycles. The molecule has 1 unspecified atom stereocenters. The highest BCUT2D eigenvalue weighted by Gasteiger charge is 2.33. The van der Waals surface area contributed by atoms with Crippen LogP contribution in [0.4, 0.5) is 0 Å². The maximum atomic E-state index is 13.7. The van der Waals surface area contributed by atoms with Crippen molar-refractivity contribution in [3.8, 4) is 11.5 Å². The van der Waals surface area contributed by atoms with E-state index in [1.54, 1.807) is 30.7 Å². The normalized spacial score (nSPS) is 15.0. The van der Waals surface area contributed by atoms with Gasteiger partial charge in [-0.15, -0.1) is 0 Å². The molecule has 2 heterocycles. The van der Waals surface area contributed by atoms with Crippen LogP contribution in [0.5, 0.6) is 11.5 Å². The van der Waals surface area contributed by atoms with Crippen LogP contribution in [-0.2, 0) is 9.53 Å². The van der Waals surface area contributed by atoms with Crippen LogP contribution in [0.2, 0.25) is 0 Å². The number of carbonyl (C=O) groups is 1. The van der Waals surface area contributed by atoms with E-state index in [0.29, 0.717) is 33.0 Å². The highest BCUT2D eigenvalue weighted by molar-refractivity contribution is 7.07. The van der Waals surface area contributed by atoms with Crippen LogP contribution < -0.4 is 24.4 Å². The van der Waals surface area contributed by atoms with Crippen LogP contribution >= 0.6 is 11.3 Å². The summed E-state index contributed by atoms with van der Waals surface area (Å²) in [6.45, 7) is 8.29. The fourth-order valence-electron chi connectivity index (χ4n) is 4.25. The van der Waals surface area contributed by atoms with Gasteiger partial charge in [-0.25, -0.2) is 9.79 Å². The van der Waals surface area contributed by atoms with E-state index in [9.17, 15) is 9.59 Å². The summed E-state index contributed by atoms with van der Waals surface area (Å²) in [5.41, 5.74) is 2.23. The van der Waals surface area contributed by atoms with E-state index in [2.05, 4.69) is 18.5 Å². The van der Waals surface area contributed by atoms with Gasteiger partial charge in [0.2, 0.25) is 0 Å². The fourth-order valence-corrected chi connectivity index (χ4v) is 5.30. The van der Waals surface area contributed by atoms with Gasteiger partial charge in [0.05, 0.1) is 35.6 Å². The second kappa shape index (κ2) is 12.6. The molecule has 3 aromatic rings. The van der Waals surface area contributed by atoms with E-state index in [-0.39, 0.29) is 12.2 Å². The van der Waals surface area contributed by atoms with Crippen LogP contribution in [0.25, 0.3) is 6.08 Å². The molecule has 0 spiro atoms. The third-order valence-corrected chi connectivity index (χ3v) is 7.18. The van der Waals surface area contributed by atoms with E-state index < -0.39 is 12.0 Å². The minimum Gasteiger partial charge on any atom is -0.497 e. The topological polar surface area (TPSA) is 79.1 Å². The molecule has 7 nitrogen and oxygen atoms in total. The van der Waals surface area contributed by atoms with Gasteiger partial charge in [-0.2, -0.15) is 0 Å². The van der Waals surface area contributed by atoms with E-state index in [4.69, 9.17) is 14.2 Å². The predicted octanol–water partition coefficient (Wildman–Crippen LogP) is 4.54. The van der Waals surface area contributed by atoms with Gasteiger partial charge in [-0.1, -0.05) is 68.0 Å². The summed E-state index contributed by atoms with van der Waals surface area (Å²) in [4.78, 5) is 32.0. The Balaban J connectivity index is 1.74. The molecule has 0 aliphatic carbocycles. The van der Waals surface area contributed by atoms with Crippen LogP contribution in [0.1, 0.15) is 50.3 Å². The van der Waals surface area contributed by atoms with Crippen molar-refractivity contribution in [2.75, 3.05) is 20.3 Å². The standard InChI is InChI=1S/C30H32N2O5S/c1-5-7-8-18-36-24-13-9-21(10-14-24)19-25-28(33)32-27(22-11-15-23(35-4)16-12-22)26(29(34)37-17-6-2)20(3)31-30(32)38-25/h6,9-16,19,27H,2,5,7-8,17-18H2,1,3-4H3. The van der Waals surface area contributed by atoms with Gasteiger partial charge in [-0.05, 0) is 54.8 Å². The Bertz CT molecular complexity index is 1500. The van der Waals surface area contributed by atoms with E-state index >= 15 is 0 Å². The highest BCUT2D eigenvalue weighted by Crippen LogP contribution is 2.31. The van der Waals surface area contributed by atoms with Gasteiger partial charge >= 0.3 is 5.97 Å². The number of carbonyl (C=O) groups excluding carboxylic acids is 1. The van der Waals surface area contributed by atoms with Gasteiger partial charge in [0.25, 0.3) is 5.56 Å². The van der Waals surface area contributed by atoms with Crippen molar-refractivity contribution in [2.45, 2.75) is 39.2 Å². The molecular formula is C30H32N2O5S. The lowest BCUT2D eigenvalue weighted by atomic mass is 9.96. The average Bonchev–Trinajstić information content (AvgIpc) is 3.23. The third-order valence-electron chi connectivity index (χ3n) is 6.20. The Labute approximate surface area is 226 Å². The van der Waals surface area contributed by atoms with Gasteiger partial charge in [-0.3, -0.25) is 9.36 Å². The number of unbranched alkanes of at least 4 members (excludes halogenated alkanes) is 2. The smallest absolute Gasteiger partial charge is 0.338 e. The van der Waals surface area contributed by atoms with E-state index in [1.807, 2.05) is 42.5 Å². The quantitative estimate of drug-likeness (QED) is 0.206. The third kappa shape index (κ3) is 5.97. The molecule has 0 saturated carbocycles. The summed E-state index contributed by atoms with van der Waals surface area (Å²) in [5.74, 6) is 0.948. The molecule has 0 fully saturated rings. The maximum Gasteiger partial charge on any atom is 0.338 e. The van der Waals surface area contributed by atoms with Gasteiger partial charge in [0.15, 0.2) is 4.80 Å². The fraction of sp³-hybridized carbons (Fsp3) is 0.300. The molecule has 0 saturated heterocycles. The number of ether oxygens (including phenoxy) is 3. The minimum absolute atomic E-state index is 0.0632. The molecular weight excluding hydrogens is 500 g/mol. The number of nitrogens with zero attached hydrogens (tertiary/aromatic N) is 2. The molecule has 8 heteroatoms. The van der Waals surface area contributed by atoms with Crippen LogP contribution in [-0.4, -0.2) is 30.9 Å². The van der Waals surface area contributed by atoms with Crippen molar-refractivity contribution in [1.82, 2.24) is 4.57 Å². The summed E-state index contributed by atoms with van der Waals surface area (Å²) >= 11 is 1.29. The SMILES string of the molecule is C=CCOC(=O)C1=C(C)N=c2sc(=Cc3ccc(OCCCCC)cc3)c(=O)n2C1c1ccc(OC)cc1. The van der Waals surface area contributed by atoms with Crippen LogP contribution in [0.15, 0.2) is 82.2 Å². The minimum atomic E-state index is -0.685. The number of hydrogen-bond acceptors (Lipinski definition) is 7. The van der Waals surface area contributed by atoms with E-state index in [0.717, 1.165) is 36.1 Å². The largest absolute Gasteiger partial charge is 0.497 e. The number of benzene rings is 2. The number of aromatic nitrogens is 1. The van der Waals surface area contributed by atoms with Crippen molar-refractivity contribution < 1.29 is 19.0 Å². The first-order chi connectivity index (χ1) is 18.5. The Kier molecular flexibility index (Phi) is 8.97. The Morgan fingerprint density at radius 3 is 2.47 bits per heavy atom. The molecule has 1 aromatic heterocycles. The molecule has 4 rings (SSSR count). The van der Waals surface area contributed by atoms with E-state index in [1.165, 1.54) is 17.4 Å².